The van der Waals surface area contributed by atoms with E-state index in [1.165, 1.54) is 0 Å². The van der Waals surface area contributed by atoms with E-state index in [9.17, 15) is 0 Å². The highest BCUT2D eigenvalue weighted by Gasteiger charge is 2.24. The van der Waals surface area contributed by atoms with Crippen LogP contribution in [-0.4, -0.2) is 71.2 Å². The van der Waals surface area contributed by atoms with Gasteiger partial charge >= 0.3 is 0 Å². The maximum absolute atomic E-state index is 5.55. The van der Waals surface area contributed by atoms with Crippen molar-refractivity contribution in [1.82, 2.24) is 4.90 Å². The van der Waals surface area contributed by atoms with Gasteiger partial charge in [0, 0.05) is 26.7 Å². The van der Waals surface area contributed by atoms with Crippen molar-refractivity contribution in [1.29, 1.82) is 0 Å². The molecule has 0 aromatic carbocycles. The lowest BCUT2D eigenvalue weighted by molar-refractivity contribution is 0.00842. The summed E-state index contributed by atoms with van der Waals surface area (Å²) in [7, 11) is 1.67. The van der Waals surface area contributed by atoms with Crippen LogP contribution in [0, 0.1) is 5.92 Å². The molecule has 0 aromatic heterocycles. The lowest BCUT2D eigenvalue weighted by Crippen LogP contribution is -2.50. The summed E-state index contributed by atoms with van der Waals surface area (Å²) in [5.41, 5.74) is 5.55. The molecule has 0 atom stereocenters. The Balaban J connectivity index is 1.72. The van der Waals surface area contributed by atoms with E-state index in [1.54, 1.807) is 7.11 Å². The van der Waals surface area contributed by atoms with Gasteiger partial charge in [0.05, 0.1) is 33.0 Å². The van der Waals surface area contributed by atoms with Gasteiger partial charge in [0.2, 0.25) is 0 Å². The Bertz CT molecular complexity index is 163. The van der Waals surface area contributed by atoms with Gasteiger partial charge in [-0.15, -0.1) is 0 Å². The van der Waals surface area contributed by atoms with Crippen molar-refractivity contribution in [2.75, 3.05) is 66.3 Å². The Hall–Kier alpha value is -0.200. The van der Waals surface area contributed by atoms with Crippen molar-refractivity contribution in [2.24, 2.45) is 11.7 Å². The van der Waals surface area contributed by atoms with Gasteiger partial charge in [-0.2, -0.15) is 0 Å². The van der Waals surface area contributed by atoms with E-state index >= 15 is 0 Å². The first-order valence-electron chi connectivity index (χ1n) is 5.93. The maximum Gasteiger partial charge on any atom is 0.0701 e. The van der Waals surface area contributed by atoms with E-state index in [2.05, 4.69) is 4.90 Å². The molecule has 1 aliphatic rings. The summed E-state index contributed by atoms with van der Waals surface area (Å²) in [6.07, 6.45) is 0. The van der Waals surface area contributed by atoms with Gasteiger partial charge in [-0.05, 0) is 12.5 Å². The van der Waals surface area contributed by atoms with Crippen LogP contribution in [0.25, 0.3) is 0 Å². The molecular formula is C11H24N2O3. The SMILES string of the molecule is COCCOCCOCCN1CC(CN)C1. The lowest BCUT2D eigenvalue weighted by atomic mass is 10.0. The van der Waals surface area contributed by atoms with E-state index < -0.39 is 0 Å². The molecule has 0 radical (unpaired) electrons. The van der Waals surface area contributed by atoms with Gasteiger partial charge in [0.1, 0.15) is 0 Å². The third-order valence-corrected chi connectivity index (χ3v) is 2.72. The normalized spacial score (nSPS) is 17.6. The van der Waals surface area contributed by atoms with Crippen molar-refractivity contribution in [3.8, 4) is 0 Å². The summed E-state index contributed by atoms with van der Waals surface area (Å²) in [5, 5.41) is 0. The van der Waals surface area contributed by atoms with Gasteiger partial charge in [0.15, 0.2) is 0 Å². The molecule has 16 heavy (non-hydrogen) atoms. The van der Waals surface area contributed by atoms with E-state index in [-0.39, 0.29) is 0 Å². The third-order valence-electron chi connectivity index (χ3n) is 2.72. The number of ether oxygens (including phenoxy) is 3. The zero-order chi connectivity index (χ0) is 11.6. The molecular weight excluding hydrogens is 208 g/mol. The van der Waals surface area contributed by atoms with Gasteiger partial charge in [-0.25, -0.2) is 0 Å². The Morgan fingerprint density at radius 1 is 1.06 bits per heavy atom. The van der Waals surface area contributed by atoms with Crippen LogP contribution in [0.5, 0.6) is 0 Å². The van der Waals surface area contributed by atoms with E-state index in [0.29, 0.717) is 32.3 Å². The molecule has 2 N–H and O–H groups in total. The largest absolute Gasteiger partial charge is 0.382 e. The van der Waals surface area contributed by atoms with Gasteiger partial charge in [-0.3, -0.25) is 0 Å². The molecule has 0 unspecified atom stereocenters. The molecule has 0 saturated carbocycles. The van der Waals surface area contributed by atoms with Crippen molar-refractivity contribution in [2.45, 2.75) is 0 Å². The predicted octanol–water partition coefficient (Wildman–Crippen LogP) is -0.443. The molecule has 1 rings (SSSR count). The standard InChI is InChI=1S/C11H24N2O3/c1-14-4-5-16-7-6-15-3-2-13-9-11(8-12)10-13/h11H,2-10,12H2,1H3. The van der Waals surface area contributed by atoms with Crippen LogP contribution in [-0.2, 0) is 14.2 Å². The fourth-order valence-corrected chi connectivity index (χ4v) is 1.67. The second kappa shape index (κ2) is 8.90. The first-order chi connectivity index (χ1) is 7.86. The molecule has 1 aliphatic heterocycles. The fraction of sp³-hybridized carbons (Fsp3) is 1.00. The molecule has 1 heterocycles. The first kappa shape index (κ1) is 13.9. The van der Waals surface area contributed by atoms with Crippen LogP contribution in [0.4, 0.5) is 0 Å². The zero-order valence-electron chi connectivity index (χ0n) is 10.2. The minimum atomic E-state index is 0.643. The van der Waals surface area contributed by atoms with Crippen LogP contribution in [0.1, 0.15) is 0 Å². The zero-order valence-corrected chi connectivity index (χ0v) is 10.2. The summed E-state index contributed by atoms with van der Waals surface area (Å²) in [6, 6.07) is 0. The minimum Gasteiger partial charge on any atom is -0.382 e. The quantitative estimate of drug-likeness (QED) is 0.517. The smallest absolute Gasteiger partial charge is 0.0701 e. The summed E-state index contributed by atoms with van der Waals surface area (Å²) in [5.74, 6) is 0.706. The summed E-state index contributed by atoms with van der Waals surface area (Å²) in [4.78, 5) is 2.36. The highest BCUT2D eigenvalue weighted by molar-refractivity contribution is 4.79. The number of likely N-dealkylation sites (tertiary alicyclic amines) is 1. The summed E-state index contributed by atoms with van der Waals surface area (Å²) in [6.45, 7) is 7.46. The average Bonchev–Trinajstić information content (AvgIpc) is 2.24. The molecule has 0 bridgehead atoms. The van der Waals surface area contributed by atoms with Crippen LogP contribution in [0.15, 0.2) is 0 Å². The Morgan fingerprint density at radius 2 is 1.69 bits per heavy atom. The van der Waals surface area contributed by atoms with E-state index in [1.807, 2.05) is 0 Å². The molecule has 0 spiro atoms. The minimum absolute atomic E-state index is 0.643. The Kier molecular flexibility index (Phi) is 7.71. The molecule has 5 heteroatoms. The number of hydrogen-bond acceptors (Lipinski definition) is 5. The van der Waals surface area contributed by atoms with Crippen LogP contribution in [0.2, 0.25) is 0 Å². The number of nitrogens with zero attached hydrogens (tertiary/aromatic N) is 1. The first-order valence-corrected chi connectivity index (χ1v) is 5.93. The predicted molar refractivity (Wildman–Crippen MR) is 62.5 cm³/mol. The van der Waals surface area contributed by atoms with Gasteiger partial charge in [-0.1, -0.05) is 0 Å². The third kappa shape index (κ3) is 5.77. The molecule has 0 amide bonds. The molecule has 0 aromatic rings. The molecule has 1 fully saturated rings. The van der Waals surface area contributed by atoms with E-state index in [0.717, 1.165) is 32.8 Å². The van der Waals surface area contributed by atoms with Crippen molar-refractivity contribution < 1.29 is 14.2 Å². The van der Waals surface area contributed by atoms with Crippen LogP contribution >= 0.6 is 0 Å². The number of hydrogen-bond donors (Lipinski definition) is 1. The van der Waals surface area contributed by atoms with Crippen LogP contribution in [0.3, 0.4) is 0 Å². The number of methoxy groups -OCH3 is 1. The topological polar surface area (TPSA) is 57.0 Å². The Morgan fingerprint density at radius 3 is 2.31 bits per heavy atom. The summed E-state index contributed by atoms with van der Waals surface area (Å²) < 4.78 is 15.6. The Labute approximate surface area is 97.8 Å². The highest BCUT2D eigenvalue weighted by atomic mass is 16.5. The molecule has 96 valence electrons. The van der Waals surface area contributed by atoms with Crippen molar-refractivity contribution in [3.63, 3.8) is 0 Å². The highest BCUT2D eigenvalue weighted by Crippen LogP contribution is 2.12. The second-order valence-corrected chi connectivity index (χ2v) is 4.08. The van der Waals surface area contributed by atoms with Crippen molar-refractivity contribution >= 4 is 0 Å². The van der Waals surface area contributed by atoms with Crippen molar-refractivity contribution in [3.05, 3.63) is 0 Å². The second-order valence-electron chi connectivity index (χ2n) is 4.08. The average molecular weight is 232 g/mol. The number of rotatable bonds is 10. The molecule has 0 aliphatic carbocycles. The van der Waals surface area contributed by atoms with Gasteiger partial charge < -0.3 is 24.8 Å². The number of nitrogens with two attached hydrogens (primary N) is 1. The monoisotopic (exact) mass is 232 g/mol. The maximum atomic E-state index is 5.55. The summed E-state index contributed by atoms with van der Waals surface area (Å²) >= 11 is 0. The van der Waals surface area contributed by atoms with Crippen LogP contribution < -0.4 is 5.73 Å². The molecule has 1 saturated heterocycles. The van der Waals surface area contributed by atoms with Gasteiger partial charge in [0.25, 0.3) is 0 Å². The van der Waals surface area contributed by atoms with E-state index in [4.69, 9.17) is 19.9 Å². The lowest BCUT2D eigenvalue weighted by Gasteiger charge is -2.38. The fourth-order valence-electron chi connectivity index (χ4n) is 1.67. The molecule has 5 nitrogen and oxygen atoms in total.